The van der Waals surface area contributed by atoms with Crippen LogP contribution in [0.2, 0.25) is 5.02 Å². The molecule has 0 bridgehead atoms. The number of halogens is 4. The Labute approximate surface area is 211 Å². The molecule has 0 fully saturated rings. The van der Waals surface area contributed by atoms with Crippen molar-refractivity contribution in [2.75, 3.05) is 32.5 Å². The third kappa shape index (κ3) is 6.48. The second kappa shape index (κ2) is 11.1. The Kier molecular flexibility index (Phi) is 8.52. The lowest BCUT2D eigenvalue weighted by molar-refractivity contribution is -0.146. The van der Waals surface area contributed by atoms with E-state index >= 15 is 0 Å². The second-order valence-corrected chi connectivity index (χ2v) is 10.3. The summed E-state index contributed by atoms with van der Waals surface area (Å²) >= 11 is 6.05. The van der Waals surface area contributed by atoms with Gasteiger partial charge in [-0.25, -0.2) is 13.1 Å². The molecule has 0 saturated carbocycles. The smallest absolute Gasteiger partial charge is 0.436 e. The first-order valence-electron chi connectivity index (χ1n) is 11.0. The minimum atomic E-state index is -4.87. The highest BCUT2D eigenvalue weighted by Crippen LogP contribution is 2.41. The molecule has 36 heavy (non-hydrogen) atoms. The van der Waals surface area contributed by atoms with Gasteiger partial charge in [-0.3, -0.25) is 4.79 Å². The topological polar surface area (TPSA) is 94.6 Å². The van der Waals surface area contributed by atoms with Crippen LogP contribution < -0.4 is 0 Å². The number of esters is 1. The molecular formula is C23H25ClF3N3O5S. The van der Waals surface area contributed by atoms with Crippen LogP contribution in [0, 0.1) is 0 Å². The number of rotatable bonds is 10. The Balaban J connectivity index is 1.93. The van der Waals surface area contributed by atoms with Crippen LogP contribution in [-0.2, 0) is 32.1 Å². The molecule has 3 rings (SSSR count). The predicted molar refractivity (Wildman–Crippen MR) is 127 cm³/mol. The fourth-order valence-electron chi connectivity index (χ4n) is 3.47. The van der Waals surface area contributed by atoms with Gasteiger partial charge in [0, 0.05) is 18.4 Å². The lowest BCUT2D eigenvalue weighted by Crippen LogP contribution is -2.28. The van der Waals surface area contributed by atoms with Gasteiger partial charge in [-0.05, 0) is 37.4 Å². The molecule has 2 aromatic heterocycles. The van der Waals surface area contributed by atoms with Gasteiger partial charge >= 0.3 is 12.1 Å². The first-order chi connectivity index (χ1) is 16.8. The van der Waals surface area contributed by atoms with E-state index in [0.717, 1.165) is 24.0 Å². The van der Waals surface area contributed by atoms with E-state index in [-0.39, 0.29) is 28.7 Å². The normalized spacial score (nSPS) is 12.3. The summed E-state index contributed by atoms with van der Waals surface area (Å²) in [6.45, 7) is 5.36. The van der Waals surface area contributed by atoms with E-state index in [1.54, 1.807) is 6.07 Å². The van der Waals surface area contributed by atoms with Crippen molar-refractivity contribution < 1.29 is 35.5 Å². The molecule has 0 aliphatic heterocycles. The summed E-state index contributed by atoms with van der Waals surface area (Å²) in [5.41, 5.74) is -1.24. The van der Waals surface area contributed by atoms with Crippen LogP contribution in [0.4, 0.5) is 13.2 Å². The van der Waals surface area contributed by atoms with Crippen LogP contribution in [-0.4, -0.2) is 61.6 Å². The first kappa shape index (κ1) is 27.8. The molecule has 0 radical (unpaired) electrons. The van der Waals surface area contributed by atoms with Gasteiger partial charge in [-0.15, -0.1) is 0 Å². The SMILES string of the molecule is CCN(CC)CCOC(=O)Cn1nc(C(F)(F)F)c(Cl)c1-c1ccc(-c2cccc(S(C)(=O)=O)c2)o1. The number of alkyl halides is 3. The van der Waals surface area contributed by atoms with Crippen LogP contribution in [0.15, 0.2) is 45.7 Å². The maximum Gasteiger partial charge on any atom is 0.436 e. The number of nitrogens with zero attached hydrogens (tertiary/aromatic N) is 3. The summed E-state index contributed by atoms with van der Waals surface area (Å²) in [6.07, 6.45) is -3.82. The Morgan fingerprint density at radius 3 is 2.44 bits per heavy atom. The molecule has 2 heterocycles. The largest absolute Gasteiger partial charge is 0.463 e. The van der Waals surface area contributed by atoms with Gasteiger partial charge in [0.25, 0.3) is 0 Å². The molecule has 1 aromatic carbocycles. The molecule has 196 valence electrons. The van der Waals surface area contributed by atoms with E-state index in [2.05, 4.69) is 5.10 Å². The van der Waals surface area contributed by atoms with Gasteiger partial charge in [0.1, 0.15) is 29.6 Å². The zero-order valence-corrected chi connectivity index (χ0v) is 21.4. The van der Waals surface area contributed by atoms with Crippen molar-refractivity contribution in [3.63, 3.8) is 0 Å². The van der Waals surface area contributed by atoms with Crippen molar-refractivity contribution in [1.82, 2.24) is 14.7 Å². The number of ether oxygens (including phenoxy) is 1. The number of carbonyl (C=O) groups excluding carboxylic acids is 1. The number of hydrogen-bond donors (Lipinski definition) is 0. The van der Waals surface area contributed by atoms with Gasteiger partial charge in [-0.2, -0.15) is 18.3 Å². The van der Waals surface area contributed by atoms with E-state index in [9.17, 15) is 26.4 Å². The van der Waals surface area contributed by atoms with Gasteiger partial charge in [0.15, 0.2) is 21.3 Å². The summed E-state index contributed by atoms with van der Waals surface area (Å²) in [5.74, 6) is -0.683. The maximum atomic E-state index is 13.5. The van der Waals surface area contributed by atoms with E-state index in [4.69, 9.17) is 20.8 Å². The fraction of sp³-hybridized carbons (Fsp3) is 0.391. The number of furan rings is 1. The molecule has 3 aromatic rings. The lowest BCUT2D eigenvalue weighted by atomic mass is 10.2. The summed E-state index contributed by atoms with van der Waals surface area (Å²) in [5, 5.41) is 2.78. The van der Waals surface area contributed by atoms with Gasteiger partial charge in [0.05, 0.1) is 4.90 Å². The van der Waals surface area contributed by atoms with Gasteiger partial charge in [-0.1, -0.05) is 37.6 Å². The first-order valence-corrected chi connectivity index (χ1v) is 13.2. The Morgan fingerprint density at radius 2 is 1.83 bits per heavy atom. The van der Waals surface area contributed by atoms with Gasteiger partial charge < -0.3 is 14.1 Å². The van der Waals surface area contributed by atoms with Crippen LogP contribution in [0.25, 0.3) is 22.8 Å². The summed E-state index contributed by atoms with van der Waals surface area (Å²) in [6, 6.07) is 8.72. The molecule has 13 heteroatoms. The molecule has 0 N–H and O–H groups in total. The number of aromatic nitrogens is 2. The van der Waals surface area contributed by atoms with Crippen molar-refractivity contribution in [1.29, 1.82) is 0 Å². The third-order valence-electron chi connectivity index (χ3n) is 5.39. The summed E-state index contributed by atoms with van der Waals surface area (Å²) in [4.78, 5) is 14.4. The highest BCUT2D eigenvalue weighted by Gasteiger charge is 2.40. The Bertz CT molecular complexity index is 1330. The highest BCUT2D eigenvalue weighted by atomic mass is 35.5. The molecule has 0 amide bonds. The molecule has 0 spiro atoms. The molecule has 8 nitrogen and oxygen atoms in total. The summed E-state index contributed by atoms with van der Waals surface area (Å²) in [7, 11) is -3.49. The monoisotopic (exact) mass is 547 g/mol. The van der Waals surface area contributed by atoms with Gasteiger partial charge in [0.2, 0.25) is 0 Å². The van der Waals surface area contributed by atoms with Crippen LogP contribution >= 0.6 is 11.6 Å². The molecule has 0 atom stereocenters. The molecule has 0 unspecified atom stereocenters. The van der Waals surface area contributed by atoms with Crippen LogP contribution in [0.3, 0.4) is 0 Å². The number of benzene rings is 1. The van der Waals surface area contributed by atoms with Crippen molar-refractivity contribution in [3.05, 3.63) is 47.1 Å². The number of hydrogen-bond acceptors (Lipinski definition) is 7. The number of sulfone groups is 1. The van der Waals surface area contributed by atoms with Crippen LogP contribution in [0.5, 0.6) is 0 Å². The quantitative estimate of drug-likeness (QED) is 0.337. The molecular weight excluding hydrogens is 523 g/mol. The second-order valence-electron chi connectivity index (χ2n) is 7.88. The molecule has 0 aliphatic carbocycles. The van der Waals surface area contributed by atoms with Crippen molar-refractivity contribution >= 4 is 27.4 Å². The summed E-state index contributed by atoms with van der Waals surface area (Å²) < 4.78 is 76.0. The van der Waals surface area contributed by atoms with Crippen LogP contribution in [0.1, 0.15) is 19.5 Å². The minimum absolute atomic E-state index is 0.0489. The predicted octanol–water partition coefficient (Wildman–Crippen LogP) is 4.77. The average Bonchev–Trinajstić information content (AvgIpc) is 3.40. The Hall–Kier alpha value is -2.83. The number of carbonyl (C=O) groups is 1. The van der Waals surface area contributed by atoms with E-state index in [1.807, 2.05) is 18.7 Å². The lowest BCUT2D eigenvalue weighted by Gasteiger charge is -2.17. The zero-order chi connectivity index (χ0) is 26.7. The maximum absolute atomic E-state index is 13.5. The standard InChI is InChI=1S/C23H25ClF3N3O5S/c1-4-29(5-2)11-12-34-19(31)14-30-21(20(24)22(28-30)23(25,26)27)18-10-9-17(35-18)15-7-6-8-16(13-15)36(3,32)33/h6-10,13H,4-5,11-12,14H2,1-3H3. The molecule has 0 aliphatic rings. The third-order valence-corrected chi connectivity index (χ3v) is 6.86. The van der Waals surface area contributed by atoms with E-state index in [0.29, 0.717) is 12.1 Å². The van der Waals surface area contributed by atoms with Crippen molar-refractivity contribution in [3.8, 4) is 22.8 Å². The number of likely N-dealkylation sites (N-methyl/N-ethyl adjacent to an activating group) is 1. The van der Waals surface area contributed by atoms with E-state index < -0.39 is 39.2 Å². The molecule has 0 saturated heterocycles. The van der Waals surface area contributed by atoms with Crippen molar-refractivity contribution in [2.45, 2.75) is 31.5 Å². The minimum Gasteiger partial charge on any atom is -0.463 e. The Morgan fingerprint density at radius 1 is 1.17 bits per heavy atom. The van der Waals surface area contributed by atoms with E-state index in [1.165, 1.54) is 30.3 Å². The zero-order valence-electron chi connectivity index (χ0n) is 19.8. The average molecular weight is 548 g/mol. The van der Waals surface area contributed by atoms with Crippen molar-refractivity contribution in [2.24, 2.45) is 0 Å². The highest BCUT2D eigenvalue weighted by molar-refractivity contribution is 7.90. The fourth-order valence-corrected chi connectivity index (χ4v) is 4.47.